The Balaban J connectivity index is 2.12. The predicted octanol–water partition coefficient (Wildman–Crippen LogP) is 2.68. The fraction of sp³-hybridized carbons (Fsp3) is 0.333. The van der Waals surface area contributed by atoms with E-state index >= 15 is 0 Å². The highest BCUT2D eigenvalue weighted by molar-refractivity contribution is 7.89. The van der Waals surface area contributed by atoms with Crippen molar-refractivity contribution in [1.29, 1.82) is 0 Å². The lowest BCUT2D eigenvalue weighted by Gasteiger charge is -2.18. The van der Waals surface area contributed by atoms with E-state index in [0.29, 0.717) is 16.9 Å². The van der Waals surface area contributed by atoms with E-state index in [2.05, 4.69) is 5.32 Å². The molecule has 27 heavy (non-hydrogen) atoms. The van der Waals surface area contributed by atoms with Gasteiger partial charge in [-0.05, 0) is 38.1 Å². The molecule has 0 aliphatic carbocycles. The molecule has 2 rings (SSSR count). The number of carbonyl (C=O) groups is 2. The predicted molar refractivity (Wildman–Crippen MR) is 108 cm³/mol. The molecule has 7 nitrogen and oxygen atoms in total. The maximum atomic E-state index is 12.3. The number of benzene rings is 1. The molecule has 1 amide bonds. The Morgan fingerprint density at radius 2 is 1.81 bits per heavy atom. The van der Waals surface area contributed by atoms with Crippen molar-refractivity contribution in [2.45, 2.75) is 31.6 Å². The third-order valence-electron chi connectivity index (χ3n) is 3.97. The van der Waals surface area contributed by atoms with Crippen LogP contribution in [0.2, 0.25) is 0 Å². The molecule has 0 spiro atoms. The first-order valence-corrected chi connectivity index (χ1v) is 10.6. The first-order valence-electron chi connectivity index (χ1n) is 8.23. The number of thiophene rings is 1. The van der Waals surface area contributed by atoms with E-state index in [-0.39, 0.29) is 29.4 Å². The van der Waals surface area contributed by atoms with E-state index in [9.17, 15) is 18.0 Å². The normalized spacial score (nSPS) is 11.3. The number of rotatable bonds is 7. The van der Waals surface area contributed by atoms with Gasteiger partial charge in [-0.15, -0.1) is 11.3 Å². The summed E-state index contributed by atoms with van der Waals surface area (Å²) in [6.45, 7) is 3.81. The van der Waals surface area contributed by atoms with Crippen LogP contribution in [0.4, 0.5) is 11.4 Å². The summed E-state index contributed by atoms with van der Waals surface area (Å²) in [5.41, 5.74) is 1.61. The highest BCUT2D eigenvalue weighted by atomic mass is 32.2. The van der Waals surface area contributed by atoms with Crippen molar-refractivity contribution in [1.82, 2.24) is 0 Å². The number of nitrogens with one attached hydrogen (secondary N) is 1. The zero-order valence-corrected chi connectivity index (χ0v) is 17.3. The molecule has 0 bridgehead atoms. The molecule has 0 aliphatic rings. The summed E-state index contributed by atoms with van der Waals surface area (Å²) >= 11 is 1.55. The summed E-state index contributed by atoms with van der Waals surface area (Å²) in [7, 11) is -0.349. The molecule has 0 aliphatic heterocycles. The van der Waals surface area contributed by atoms with E-state index in [1.54, 1.807) is 36.4 Å². The van der Waals surface area contributed by atoms with Crippen molar-refractivity contribution < 1.29 is 18.0 Å². The van der Waals surface area contributed by atoms with Crippen LogP contribution in [-0.2, 0) is 14.8 Å². The number of sulfonamides is 1. The number of amides is 1. The third kappa shape index (κ3) is 5.38. The minimum absolute atomic E-state index is 0.000358. The molecule has 146 valence electrons. The SMILES string of the molecule is Cc1cc(C(=O)CCC(=O)Nc2cc(S(N)(=O)=O)ccc2N(C)C)c(C)s1. The number of ketones is 1. The topological polar surface area (TPSA) is 110 Å². The van der Waals surface area contributed by atoms with Gasteiger partial charge in [-0.2, -0.15) is 0 Å². The number of nitrogens with two attached hydrogens (primary N) is 1. The molecule has 0 saturated carbocycles. The van der Waals surface area contributed by atoms with Crippen molar-refractivity contribution in [2.75, 3.05) is 24.3 Å². The second-order valence-corrected chi connectivity index (χ2v) is 9.44. The second-order valence-electron chi connectivity index (χ2n) is 6.42. The summed E-state index contributed by atoms with van der Waals surface area (Å²) in [5, 5.41) is 7.84. The van der Waals surface area contributed by atoms with Crippen LogP contribution in [0.5, 0.6) is 0 Å². The molecule has 0 atom stereocenters. The first-order chi connectivity index (χ1) is 12.5. The van der Waals surface area contributed by atoms with Crippen molar-refractivity contribution in [3.63, 3.8) is 0 Å². The second kappa shape index (κ2) is 8.20. The van der Waals surface area contributed by atoms with Crippen molar-refractivity contribution in [3.8, 4) is 0 Å². The Labute approximate surface area is 163 Å². The smallest absolute Gasteiger partial charge is 0.238 e. The first kappa shape index (κ1) is 21.1. The lowest BCUT2D eigenvalue weighted by molar-refractivity contribution is -0.116. The average molecular weight is 410 g/mol. The molecule has 1 aromatic heterocycles. The van der Waals surface area contributed by atoms with Gasteiger partial charge in [0.1, 0.15) is 0 Å². The Morgan fingerprint density at radius 1 is 1.15 bits per heavy atom. The number of Topliss-reactive ketones (excluding diaryl/α,β-unsaturated/α-hetero) is 1. The Morgan fingerprint density at radius 3 is 2.33 bits per heavy atom. The van der Waals surface area contributed by atoms with Crippen molar-refractivity contribution in [3.05, 3.63) is 39.6 Å². The van der Waals surface area contributed by atoms with E-state index in [1.807, 2.05) is 19.9 Å². The van der Waals surface area contributed by atoms with Crippen LogP contribution >= 0.6 is 11.3 Å². The summed E-state index contributed by atoms with van der Waals surface area (Å²) in [6.07, 6.45) is 0.0780. The van der Waals surface area contributed by atoms with Crippen LogP contribution in [-0.4, -0.2) is 34.2 Å². The summed E-state index contributed by atoms with van der Waals surface area (Å²) < 4.78 is 23.1. The molecule has 9 heteroatoms. The monoisotopic (exact) mass is 409 g/mol. The van der Waals surface area contributed by atoms with E-state index < -0.39 is 10.0 Å². The molecule has 0 unspecified atom stereocenters. The number of aryl methyl sites for hydroxylation is 2. The lowest BCUT2D eigenvalue weighted by atomic mass is 10.1. The van der Waals surface area contributed by atoms with E-state index in [1.165, 1.54) is 12.1 Å². The molecule has 2 aromatic rings. The standard InChI is InChI=1S/C18H23N3O4S2/c1-11-9-14(12(2)26-11)17(22)7-8-18(23)20-15-10-13(27(19,24)25)5-6-16(15)21(3)4/h5-6,9-10H,7-8H2,1-4H3,(H,20,23)(H2,19,24,25). The zero-order chi connectivity index (χ0) is 20.4. The molecular formula is C18H23N3O4S2. The minimum atomic E-state index is -3.89. The number of carbonyl (C=O) groups excluding carboxylic acids is 2. The van der Waals surface area contributed by atoms with Gasteiger partial charge in [-0.1, -0.05) is 0 Å². The highest BCUT2D eigenvalue weighted by Gasteiger charge is 2.17. The minimum Gasteiger partial charge on any atom is -0.376 e. The largest absolute Gasteiger partial charge is 0.376 e. The Hall–Kier alpha value is -2.23. The Bertz CT molecular complexity index is 978. The van der Waals surface area contributed by atoms with Crippen LogP contribution in [0.1, 0.15) is 33.0 Å². The number of nitrogens with zero attached hydrogens (tertiary/aromatic N) is 1. The average Bonchev–Trinajstić information content (AvgIpc) is 2.90. The van der Waals surface area contributed by atoms with Crippen LogP contribution in [0.25, 0.3) is 0 Å². The number of anilines is 2. The zero-order valence-electron chi connectivity index (χ0n) is 15.7. The van der Waals surface area contributed by atoms with Crippen LogP contribution in [0.3, 0.4) is 0 Å². The molecule has 1 heterocycles. The number of primary sulfonamides is 1. The third-order valence-corrected chi connectivity index (χ3v) is 5.85. The van der Waals surface area contributed by atoms with Crippen molar-refractivity contribution in [2.24, 2.45) is 5.14 Å². The molecule has 3 N–H and O–H groups in total. The summed E-state index contributed by atoms with van der Waals surface area (Å²) in [4.78, 5) is 28.3. The van der Waals surface area contributed by atoms with Gasteiger partial charge in [-0.25, -0.2) is 13.6 Å². The van der Waals surface area contributed by atoms with Crippen LogP contribution < -0.4 is 15.4 Å². The van der Waals surface area contributed by atoms with Crippen LogP contribution in [0, 0.1) is 13.8 Å². The van der Waals surface area contributed by atoms with Gasteiger partial charge in [0.05, 0.1) is 16.3 Å². The maximum absolute atomic E-state index is 12.3. The molecule has 0 fully saturated rings. The fourth-order valence-electron chi connectivity index (χ4n) is 2.66. The van der Waals surface area contributed by atoms with E-state index in [4.69, 9.17) is 5.14 Å². The van der Waals surface area contributed by atoms with Crippen LogP contribution in [0.15, 0.2) is 29.2 Å². The summed E-state index contributed by atoms with van der Waals surface area (Å²) in [5.74, 6) is -0.458. The van der Waals surface area contributed by atoms with E-state index in [0.717, 1.165) is 9.75 Å². The molecule has 1 aromatic carbocycles. The van der Waals surface area contributed by atoms with Gasteiger partial charge in [-0.3, -0.25) is 9.59 Å². The van der Waals surface area contributed by atoms with Gasteiger partial charge in [0.2, 0.25) is 15.9 Å². The lowest BCUT2D eigenvalue weighted by Crippen LogP contribution is -2.19. The quantitative estimate of drug-likeness (QED) is 0.683. The molecular weight excluding hydrogens is 386 g/mol. The highest BCUT2D eigenvalue weighted by Crippen LogP contribution is 2.28. The van der Waals surface area contributed by atoms with Gasteiger partial charge >= 0.3 is 0 Å². The maximum Gasteiger partial charge on any atom is 0.238 e. The fourth-order valence-corrected chi connectivity index (χ4v) is 4.15. The van der Waals surface area contributed by atoms with Gasteiger partial charge in [0.15, 0.2) is 5.78 Å². The van der Waals surface area contributed by atoms with Crippen molar-refractivity contribution >= 4 is 44.4 Å². The number of hydrogen-bond acceptors (Lipinski definition) is 6. The number of hydrogen-bond donors (Lipinski definition) is 2. The Kier molecular flexibility index (Phi) is 6.40. The molecule has 0 radical (unpaired) electrons. The van der Waals surface area contributed by atoms with Gasteiger partial charge in [0.25, 0.3) is 0 Å². The molecule has 0 saturated heterocycles. The van der Waals surface area contributed by atoms with Gasteiger partial charge < -0.3 is 10.2 Å². The van der Waals surface area contributed by atoms with Gasteiger partial charge in [0, 0.05) is 42.3 Å². The summed E-state index contributed by atoms with van der Waals surface area (Å²) in [6, 6.07) is 6.10.